The van der Waals surface area contributed by atoms with Gasteiger partial charge in [-0.05, 0) is 6.92 Å². The first-order valence-corrected chi connectivity index (χ1v) is 3.63. The van der Waals surface area contributed by atoms with Gasteiger partial charge in [0.1, 0.15) is 0 Å². The molecule has 0 unspecified atom stereocenters. The molecule has 70 valence electrons. The van der Waals surface area contributed by atoms with E-state index in [4.69, 9.17) is 9.84 Å². The monoisotopic (exact) mass is 183 g/mol. The van der Waals surface area contributed by atoms with Crippen molar-refractivity contribution in [3.63, 3.8) is 0 Å². The molecule has 13 heavy (non-hydrogen) atoms. The van der Waals surface area contributed by atoms with Crippen molar-refractivity contribution in [2.24, 2.45) is 0 Å². The van der Waals surface area contributed by atoms with Crippen molar-refractivity contribution in [2.45, 2.75) is 6.92 Å². The largest absolute Gasteiger partial charge is 0.479 e. The second kappa shape index (κ2) is 3.75. The van der Waals surface area contributed by atoms with Crippen LogP contribution in [0, 0.1) is 6.92 Å². The van der Waals surface area contributed by atoms with Gasteiger partial charge in [-0.25, -0.2) is 4.79 Å². The van der Waals surface area contributed by atoms with E-state index in [0.29, 0.717) is 5.69 Å². The molecule has 1 heterocycles. The fraction of sp³-hybridized carbons (Fsp3) is 0.250. The lowest BCUT2D eigenvalue weighted by molar-refractivity contribution is -0.139. The number of aromatic nitrogens is 1. The summed E-state index contributed by atoms with van der Waals surface area (Å²) in [6.45, 7) is 1.22. The van der Waals surface area contributed by atoms with Crippen molar-refractivity contribution in [3.8, 4) is 5.75 Å². The van der Waals surface area contributed by atoms with Gasteiger partial charge < -0.3 is 14.8 Å². The number of aryl methyl sites for hydroxylation is 1. The van der Waals surface area contributed by atoms with Gasteiger partial charge in [0.15, 0.2) is 12.4 Å². The average molecular weight is 183 g/mol. The fourth-order valence-electron chi connectivity index (χ4n) is 0.812. The molecule has 2 N–H and O–H groups in total. The van der Waals surface area contributed by atoms with Crippen LogP contribution in [0.3, 0.4) is 0 Å². The molecular formula is C8H9NO4. The van der Waals surface area contributed by atoms with E-state index in [1.807, 2.05) is 0 Å². The van der Waals surface area contributed by atoms with E-state index in [2.05, 4.69) is 4.98 Å². The summed E-state index contributed by atoms with van der Waals surface area (Å²) in [4.78, 5) is 24.0. The molecule has 0 bridgehead atoms. The van der Waals surface area contributed by atoms with Crippen molar-refractivity contribution >= 4 is 5.97 Å². The zero-order valence-corrected chi connectivity index (χ0v) is 7.03. The molecule has 0 saturated heterocycles. The van der Waals surface area contributed by atoms with E-state index < -0.39 is 12.6 Å². The molecule has 0 fully saturated rings. The standard InChI is InChI=1S/C8H9NO4/c1-5-2-6(10)7(3-9-5)13-4-8(11)12/h2-3H,4H2,1H3,(H,9,10)(H,11,12). The first-order chi connectivity index (χ1) is 6.09. The van der Waals surface area contributed by atoms with Gasteiger partial charge in [-0.2, -0.15) is 0 Å². The number of hydrogen-bond acceptors (Lipinski definition) is 3. The SMILES string of the molecule is Cc1cc(=O)c(OCC(=O)O)c[nH]1. The number of carboxylic acid groups (broad SMARTS) is 1. The molecule has 0 aliphatic carbocycles. The van der Waals surface area contributed by atoms with E-state index >= 15 is 0 Å². The van der Waals surface area contributed by atoms with Gasteiger partial charge in [0.2, 0.25) is 5.43 Å². The summed E-state index contributed by atoms with van der Waals surface area (Å²) in [5, 5.41) is 8.28. The van der Waals surface area contributed by atoms with Crippen LogP contribution in [0.25, 0.3) is 0 Å². The van der Waals surface area contributed by atoms with Crippen LogP contribution in [0.4, 0.5) is 0 Å². The summed E-state index contributed by atoms with van der Waals surface area (Å²) in [7, 11) is 0. The maximum absolute atomic E-state index is 11.1. The topological polar surface area (TPSA) is 79.4 Å². The van der Waals surface area contributed by atoms with E-state index in [1.54, 1.807) is 6.92 Å². The van der Waals surface area contributed by atoms with E-state index in [1.165, 1.54) is 12.3 Å². The van der Waals surface area contributed by atoms with E-state index in [0.717, 1.165) is 0 Å². The van der Waals surface area contributed by atoms with Crippen LogP contribution in [0.15, 0.2) is 17.1 Å². The van der Waals surface area contributed by atoms with Gasteiger partial charge in [-0.15, -0.1) is 0 Å². The molecule has 1 aromatic rings. The predicted molar refractivity (Wildman–Crippen MR) is 44.9 cm³/mol. The Morgan fingerprint density at radius 2 is 2.38 bits per heavy atom. The quantitative estimate of drug-likeness (QED) is 0.698. The predicted octanol–water partition coefficient (Wildman–Crippen LogP) is 0.147. The maximum Gasteiger partial charge on any atom is 0.341 e. The van der Waals surface area contributed by atoms with Crippen molar-refractivity contribution in [3.05, 3.63) is 28.2 Å². The van der Waals surface area contributed by atoms with Crippen LogP contribution >= 0.6 is 0 Å². The molecule has 0 aliphatic heterocycles. The molecule has 0 amide bonds. The zero-order valence-electron chi connectivity index (χ0n) is 7.03. The molecule has 0 saturated carbocycles. The molecule has 1 rings (SSSR count). The molecule has 5 heteroatoms. The highest BCUT2D eigenvalue weighted by Crippen LogP contribution is 2.00. The summed E-state index contributed by atoms with van der Waals surface area (Å²) in [5.41, 5.74) is 0.380. The van der Waals surface area contributed by atoms with Gasteiger partial charge in [-0.1, -0.05) is 0 Å². The summed E-state index contributed by atoms with van der Waals surface area (Å²) in [6.07, 6.45) is 1.35. The minimum Gasteiger partial charge on any atom is -0.479 e. The lowest BCUT2D eigenvalue weighted by Gasteiger charge is -2.01. The number of hydrogen-bond donors (Lipinski definition) is 2. The maximum atomic E-state index is 11.1. The Kier molecular flexibility index (Phi) is 2.69. The lowest BCUT2D eigenvalue weighted by atomic mass is 10.3. The van der Waals surface area contributed by atoms with Gasteiger partial charge in [-0.3, -0.25) is 4.79 Å². The van der Waals surface area contributed by atoms with Crippen molar-refractivity contribution in [2.75, 3.05) is 6.61 Å². The smallest absolute Gasteiger partial charge is 0.341 e. The lowest BCUT2D eigenvalue weighted by Crippen LogP contribution is -2.15. The Morgan fingerprint density at radius 3 is 2.92 bits per heavy atom. The highest BCUT2D eigenvalue weighted by Gasteiger charge is 2.02. The van der Waals surface area contributed by atoms with Crippen LogP contribution < -0.4 is 10.2 Å². The number of ether oxygens (including phenoxy) is 1. The van der Waals surface area contributed by atoms with Gasteiger partial charge in [0.05, 0.1) is 0 Å². The van der Waals surface area contributed by atoms with Gasteiger partial charge in [0, 0.05) is 18.0 Å². The van der Waals surface area contributed by atoms with Crippen LogP contribution in [-0.2, 0) is 4.79 Å². The first-order valence-electron chi connectivity index (χ1n) is 3.63. The summed E-state index contributed by atoms with van der Waals surface area (Å²) in [5.74, 6) is -1.09. The molecule has 5 nitrogen and oxygen atoms in total. The Morgan fingerprint density at radius 1 is 1.69 bits per heavy atom. The number of pyridine rings is 1. The summed E-state index contributed by atoms with van der Waals surface area (Å²) in [6, 6.07) is 1.34. The van der Waals surface area contributed by atoms with Crippen molar-refractivity contribution < 1.29 is 14.6 Å². The second-order valence-corrected chi connectivity index (χ2v) is 2.53. The molecule has 0 radical (unpaired) electrons. The van der Waals surface area contributed by atoms with Crippen LogP contribution in [0.1, 0.15) is 5.69 Å². The number of nitrogens with one attached hydrogen (secondary N) is 1. The molecule has 1 aromatic heterocycles. The second-order valence-electron chi connectivity index (χ2n) is 2.53. The highest BCUT2D eigenvalue weighted by molar-refractivity contribution is 5.68. The Hall–Kier alpha value is -1.78. The van der Waals surface area contributed by atoms with E-state index in [-0.39, 0.29) is 11.2 Å². The van der Waals surface area contributed by atoms with Crippen molar-refractivity contribution in [1.82, 2.24) is 4.98 Å². The normalized spacial score (nSPS) is 9.62. The molecule has 0 aliphatic rings. The summed E-state index contributed by atoms with van der Waals surface area (Å²) >= 11 is 0. The number of aliphatic carboxylic acids is 1. The third-order valence-corrected chi connectivity index (χ3v) is 1.37. The Bertz CT molecular complexity index is 369. The summed E-state index contributed by atoms with van der Waals surface area (Å²) < 4.78 is 4.71. The van der Waals surface area contributed by atoms with Crippen LogP contribution in [0.5, 0.6) is 5.75 Å². The minimum absolute atomic E-state index is 0.0213. The average Bonchev–Trinajstić information content (AvgIpc) is 2.02. The van der Waals surface area contributed by atoms with Gasteiger partial charge in [0.25, 0.3) is 0 Å². The Labute approximate surface area is 74.0 Å². The van der Waals surface area contributed by atoms with E-state index in [9.17, 15) is 9.59 Å². The number of carboxylic acids is 1. The van der Waals surface area contributed by atoms with Gasteiger partial charge >= 0.3 is 5.97 Å². The number of rotatable bonds is 3. The Balaban J connectivity index is 2.78. The van der Waals surface area contributed by atoms with Crippen molar-refractivity contribution in [1.29, 1.82) is 0 Å². The van der Waals surface area contributed by atoms with Crippen LogP contribution in [-0.4, -0.2) is 22.7 Å². The fourth-order valence-corrected chi connectivity index (χ4v) is 0.812. The molecule has 0 spiro atoms. The first kappa shape index (κ1) is 9.31. The number of aromatic amines is 1. The molecule has 0 aromatic carbocycles. The highest BCUT2D eigenvalue weighted by atomic mass is 16.5. The number of H-pyrrole nitrogens is 1. The third kappa shape index (κ3) is 2.62. The minimum atomic E-state index is -1.11. The zero-order chi connectivity index (χ0) is 9.84. The van der Waals surface area contributed by atoms with Crippen LogP contribution in [0.2, 0.25) is 0 Å². The molecule has 0 atom stereocenters. The molecular weight excluding hydrogens is 174 g/mol. The third-order valence-electron chi connectivity index (χ3n) is 1.37. The number of carbonyl (C=O) groups is 1.